The Bertz CT molecular complexity index is 1190. The van der Waals surface area contributed by atoms with E-state index in [1.807, 2.05) is 52.9 Å². The van der Waals surface area contributed by atoms with Crippen LogP contribution >= 0.6 is 0 Å². The Morgan fingerprint density at radius 3 is 2.48 bits per heavy atom. The van der Waals surface area contributed by atoms with E-state index in [0.717, 1.165) is 30.2 Å². The molecule has 0 radical (unpaired) electrons. The highest BCUT2D eigenvalue weighted by Gasteiger charge is 2.46. The van der Waals surface area contributed by atoms with Gasteiger partial charge in [-0.25, -0.2) is 9.59 Å². The lowest BCUT2D eigenvalue weighted by Crippen LogP contribution is -2.49. The van der Waals surface area contributed by atoms with Crippen LogP contribution in [0.25, 0.3) is 10.9 Å². The summed E-state index contributed by atoms with van der Waals surface area (Å²) >= 11 is 0. The van der Waals surface area contributed by atoms with Crippen molar-refractivity contribution in [1.29, 1.82) is 0 Å². The van der Waals surface area contributed by atoms with Crippen LogP contribution in [0.15, 0.2) is 24.3 Å². The third-order valence-corrected chi connectivity index (χ3v) is 7.99. The number of hydrogen-bond donors (Lipinski definition) is 1. The van der Waals surface area contributed by atoms with Gasteiger partial charge in [-0.05, 0) is 70.2 Å². The summed E-state index contributed by atoms with van der Waals surface area (Å²) in [5, 5.41) is 3.90. The summed E-state index contributed by atoms with van der Waals surface area (Å²) in [4.78, 5) is 41.3. The SMILES string of the molecule is CCOCCCOC(=O)c1cc2cc(NC(=O)[C@@H]3[C@H](C4CCCCC4)CCN3C(=O)OC(C)(C)C)ccc2n1C. The average Bonchev–Trinajstić information content (AvgIpc) is 3.50. The van der Waals surface area contributed by atoms with Crippen LogP contribution in [-0.4, -0.2) is 65.4 Å². The molecular formula is C31H45N3O6. The number of amides is 2. The number of rotatable bonds is 9. The minimum absolute atomic E-state index is 0.109. The molecule has 9 heteroatoms. The number of benzene rings is 1. The molecule has 2 fully saturated rings. The second kappa shape index (κ2) is 13.1. The van der Waals surface area contributed by atoms with Gasteiger partial charge in [0.2, 0.25) is 5.91 Å². The van der Waals surface area contributed by atoms with Crippen LogP contribution in [-0.2, 0) is 26.1 Å². The second-order valence-electron chi connectivity index (χ2n) is 12.0. The lowest BCUT2D eigenvalue weighted by atomic mass is 9.76. The smallest absolute Gasteiger partial charge is 0.410 e. The Morgan fingerprint density at radius 1 is 1.02 bits per heavy atom. The molecule has 1 aromatic carbocycles. The Kier molecular flexibility index (Phi) is 9.77. The average molecular weight is 556 g/mol. The number of anilines is 1. The monoisotopic (exact) mass is 555 g/mol. The van der Waals surface area contributed by atoms with Crippen molar-refractivity contribution in [3.63, 3.8) is 0 Å². The molecule has 2 amide bonds. The van der Waals surface area contributed by atoms with E-state index >= 15 is 0 Å². The Hall–Kier alpha value is -3.07. The summed E-state index contributed by atoms with van der Waals surface area (Å²) in [6.45, 7) is 9.45. The van der Waals surface area contributed by atoms with E-state index < -0.39 is 23.7 Å². The lowest BCUT2D eigenvalue weighted by Gasteiger charge is -2.34. The molecule has 1 saturated carbocycles. The van der Waals surface area contributed by atoms with Gasteiger partial charge in [0.1, 0.15) is 17.3 Å². The van der Waals surface area contributed by atoms with E-state index in [1.165, 1.54) is 19.3 Å². The molecule has 1 aliphatic heterocycles. The maximum atomic E-state index is 13.8. The number of nitrogens with one attached hydrogen (secondary N) is 1. The molecule has 0 unspecified atom stereocenters. The van der Waals surface area contributed by atoms with Crippen LogP contribution in [0.3, 0.4) is 0 Å². The van der Waals surface area contributed by atoms with Gasteiger partial charge >= 0.3 is 12.1 Å². The van der Waals surface area contributed by atoms with Crippen molar-refractivity contribution >= 4 is 34.6 Å². The molecule has 1 saturated heterocycles. The highest BCUT2D eigenvalue weighted by Crippen LogP contribution is 2.40. The Labute approximate surface area is 237 Å². The third kappa shape index (κ3) is 7.16. The van der Waals surface area contributed by atoms with Gasteiger partial charge in [-0.15, -0.1) is 0 Å². The van der Waals surface area contributed by atoms with Gasteiger partial charge in [0.25, 0.3) is 0 Å². The van der Waals surface area contributed by atoms with Gasteiger partial charge in [-0.3, -0.25) is 9.69 Å². The van der Waals surface area contributed by atoms with Crippen LogP contribution < -0.4 is 5.32 Å². The van der Waals surface area contributed by atoms with Crippen LogP contribution in [0.4, 0.5) is 10.5 Å². The van der Waals surface area contributed by atoms with Crippen LogP contribution in [0.5, 0.6) is 0 Å². The first-order valence-corrected chi connectivity index (χ1v) is 14.7. The molecule has 1 aliphatic carbocycles. The van der Waals surface area contributed by atoms with Crippen molar-refractivity contribution in [1.82, 2.24) is 9.47 Å². The maximum absolute atomic E-state index is 13.8. The molecule has 2 atom stereocenters. The van der Waals surface area contributed by atoms with Crippen molar-refractivity contribution in [2.75, 3.05) is 31.7 Å². The summed E-state index contributed by atoms with van der Waals surface area (Å²) in [7, 11) is 1.82. The van der Waals surface area contributed by atoms with Crippen LogP contribution in [0, 0.1) is 11.8 Å². The number of fused-ring (bicyclic) bond motifs is 1. The van der Waals surface area contributed by atoms with Crippen LogP contribution in [0.1, 0.15) is 83.1 Å². The number of likely N-dealkylation sites (tertiary alicyclic amines) is 1. The molecule has 9 nitrogen and oxygen atoms in total. The molecule has 4 rings (SSSR count). The fraction of sp³-hybridized carbons (Fsp3) is 0.645. The van der Waals surface area contributed by atoms with Crippen molar-refractivity contribution in [2.45, 2.75) is 84.3 Å². The van der Waals surface area contributed by atoms with Crippen LogP contribution in [0.2, 0.25) is 0 Å². The number of carbonyl (C=O) groups excluding carboxylic acids is 3. The number of aryl methyl sites for hydroxylation is 1. The molecule has 1 N–H and O–H groups in total. The molecule has 0 bridgehead atoms. The number of hydrogen-bond acceptors (Lipinski definition) is 6. The van der Waals surface area contributed by atoms with E-state index in [2.05, 4.69) is 5.32 Å². The van der Waals surface area contributed by atoms with Gasteiger partial charge < -0.3 is 24.1 Å². The topological polar surface area (TPSA) is 99.1 Å². The minimum atomic E-state index is -0.637. The summed E-state index contributed by atoms with van der Waals surface area (Å²) in [6, 6.07) is 6.78. The Balaban J connectivity index is 1.50. The predicted molar refractivity (Wildman–Crippen MR) is 154 cm³/mol. The number of nitrogens with zero attached hydrogens (tertiary/aromatic N) is 2. The minimum Gasteiger partial charge on any atom is -0.461 e. The van der Waals surface area contributed by atoms with Gasteiger partial charge in [0, 0.05) is 49.8 Å². The molecule has 220 valence electrons. The fourth-order valence-electron chi connectivity index (χ4n) is 6.12. The molecule has 0 spiro atoms. The zero-order valence-electron chi connectivity index (χ0n) is 24.7. The van der Waals surface area contributed by atoms with Gasteiger partial charge in [-0.1, -0.05) is 32.1 Å². The molecule has 1 aromatic heterocycles. The highest BCUT2D eigenvalue weighted by molar-refractivity contribution is 6.00. The summed E-state index contributed by atoms with van der Waals surface area (Å²) < 4.78 is 18.2. The summed E-state index contributed by atoms with van der Waals surface area (Å²) in [5.74, 6) is -0.0498. The molecule has 2 aliphatic rings. The van der Waals surface area contributed by atoms with Crippen molar-refractivity contribution in [3.8, 4) is 0 Å². The molecule has 2 heterocycles. The van der Waals surface area contributed by atoms with Crippen molar-refractivity contribution in [3.05, 3.63) is 30.0 Å². The zero-order valence-corrected chi connectivity index (χ0v) is 24.7. The predicted octanol–water partition coefficient (Wildman–Crippen LogP) is 5.91. The first-order valence-electron chi connectivity index (χ1n) is 14.7. The van der Waals surface area contributed by atoms with E-state index in [0.29, 0.717) is 50.1 Å². The fourth-order valence-corrected chi connectivity index (χ4v) is 6.12. The normalized spacial score (nSPS) is 20.1. The standard InChI is InChI=1S/C31H45N3O6/c1-6-38-17-10-18-39-29(36)26-20-22-19-23(13-14-25(22)33(26)5)32-28(35)27-24(21-11-8-7-9-12-21)15-16-34(27)30(37)40-31(2,3)4/h13-14,19-21,24,27H,6-12,15-18H2,1-5H3,(H,32,35)/t24-,27-/m0/s1. The third-order valence-electron chi connectivity index (χ3n) is 7.99. The zero-order chi connectivity index (χ0) is 28.9. The van der Waals surface area contributed by atoms with E-state index in [4.69, 9.17) is 14.2 Å². The first-order chi connectivity index (χ1) is 19.1. The van der Waals surface area contributed by atoms with Gasteiger partial charge in [0.15, 0.2) is 0 Å². The largest absolute Gasteiger partial charge is 0.461 e. The molecular weight excluding hydrogens is 510 g/mol. The highest BCUT2D eigenvalue weighted by atomic mass is 16.6. The van der Waals surface area contributed by atoms with Gasteiger partial charge in [-0.2, -0.15) is 0 Å². The number of ether oxygens (including phenoxy) is 3. The quantitative estimate of drug-likeness (QED) is 0.305. The van der Waals surface area contributed by atoms with E-state index in [9.17, 15) is 14.4 Å². The van der Waals surface area contributed by atoms with Crippen molar-refractivity contribution in [2.24, 2.45) is 18.9 Å². The number of carbonyl (C=O) groups is 3. The maximum Gasteiger partial charge on any atom is 0.410 e. The molecule has 2 aromatic rings. The van der Waals surface area contributed by atoms with Crippen molar-refractivity contribution < 1.29 is 28.6 Å². The first kappa shape index (κ1) is 29.9. The van der Waals surface area contributed by atoms with E-state index in [1.54, 1.807) is 15.5 Å². The molecule has 40 heavy (non-hydrogen) atoms. The van der Waals surface area contributed by atoms with E-state index in [-0.39, 0.29) is 11.8 Å². The number of aromatic nitrogens is 1. The second-order valence-corrected chi connectivity index (χ2v) is 12.0. The van der Waals surface area contributed by atoms with Gasteiger partial charge in [0.05, 0.1) is 6.61 Å². The Morgan fingerprint density at radius 2 is 1.77 bits per heavy atom. The summed E-state index contributed by atoms with van der Waals surface area (Å²) in [6.07, 6.45) is 6.77. The lowest BCUT2D eigenvalue weighted by molar-refractivity contribution is -0.122. The summed E-state index contributed by atoms with van der Waals surface area (Å²) in [5.41, 5.74) is 1.29. The number of esters is 1.